The lowest BCUT2D eigenvalue weighted by Gasteiger charge is -2.16. The first-order valence-electron chi connectivity index (χ1n) is 3.96. The summed E-state index contributed by atoms with van der Waals surface area (Å²) in [6.07, 6.45) is 1.02. The van der Waals surface area contributed by atoms with Gasteiger partial charge in [0, 0.05) is 11.8 Å². The highest BCUT2D eigenvalue weighted by Gasteiger charge is 2.80. The van der Waals surface area contributed by atoms with Gasteiger partial charge < -0.3 is 0 Å². The van der Waals surface area contributed by atoms with E-state index in [0.717, 1.165) is 0 Å². The van der Waals surface area contributed by atoms with Gasteiger partial charge in [0.25, 0.3) is 0 Å². The van der Waals surface area contributed by atoms with Crippen LogP contribution in [0.15, 0.2) is 0 Å². The molecule has 4 heteroatoms. The van der Waals surface area contributed by atoms with E-state index in [4.69, 9.17) is 23.2 Å². The maximum absolute atomic E-state index is 11.5. The van der Waals surface area contributed by atoms with Crippen LogP contribution >= 0.6 is 23.2 Å². The van der Waals surface area contributed by atoms with Crippen molar-refractivity contribution >= 4 is 34.8 Å². The molecule has 4 atom stereocenters. The molecule has 0 aromatic heterocycles. The summed E-state index contributed by atoms with van der Waals surface area (Å²) in [5, 5.41) is 0. The van der Waals surface area contributed by atoms with Crippen molar-refractivity contribution in [1.29, 1.82) is 0 Å². The van der Waals surface area contributed by atoms with E-state index in [1.807, 2.05) is 0 Å². The molecule has 0 spiro atoms. The van der Waals surface area contributed by atoms with E-state index < -0.39 is 9.75 Å². The topological polar surface area (TPSA) is 34.1 Å². The number of hydrogen-bond donors (Lipinski definition) is 0. The van der Waals surface area contributed by atoms with Gasteiger partial charge in [0.05, 0.1) is 0 Å². The molecular formula is C8H6Cl2O2. The van der Waals surface area contributed by atoms with Crippen LogP contribution < -0.4 is 0 Å². The second-order valence-electron chi connectivity index (χ2n) is 3.97. The van der Waals surface area contributed by atoms with E-state index in [1.54, 1.807) is 0 Å². The summed E-state index contributed by atoms with van der Waals surface area (Å²) in [4.78, 5) is 21.4. The molecule has 0 amide bonds. The Kier molecular flexibility index (Phi) is 0.978. The summed E-state index contributed by atoms with van der Waals surface area (Å²) in [5.74, 6) is -0.543. The van der Waals surface area contributed by atoms with Gasteiger partial charge in [-0.2, -0.15) is 0 Å². The second kappa shape index (κ2) is 1.60. The predicted octanol–water partition coefficient (Wildman–Crippen LogP) is 1.13. The Balaban J connectivity index is 2.08. The van der Waals surface area contributed by atoms with Crippen LogP contribution in [-0.4, -0.2) is 21.3 Å². The fourth-order valence-corrected chi connectivity index (χ4v) is 2.97. The number of carbonyl (C=O) groups is 2. The highest BCUT2D eigenvalue weighted by molar-refractivity contribution is 6.50. The maximum atomic E-state index is 11.5. The standard InChI is InChI=1S/C8H6Cl2O2/c9-7-1-3(7)5(11)8(10)2-4(8)6(7)12/h3-4H,1-2H2. The number of fused-ring (bicyclic) bond motifs is 2. The molecule has 0 N–H and O–H groups in total. The van der Waals surface area contributed by atoms with Crippen LogP contribution in [0.1, 0.15) is 12.8 Å². The van der Waals surface area contributed by atoms with Crippen LogP contribution in [0.5, 0.6) is 0 Å². The molecule has 0 saturated heterocycles. The van der Waals surface area contributed by atoms with Crippen molar-refractivity contribution in [3.63, 3.8) is 0 Å². The molecule has 3 aliphatic rings. The van der Waals surface area contributed by atoms with E-state index in [0.29, 0.717) is 12.8 Å². The predicted molar refractivity (Wildman–Crippen MR) is 43.4 cm³/mol. The molecule has 3 saturated carbocycles. The smallest absolute Gasteiger partial charge is 0.159 e. The number of alkyl halides is 2. The van der Waals surface area contributed by atoms with Gasteiger partial charge in [-0.1, -0.05) is 0 Å². The minimum absolute atomic E-state index is 0.00349. The van der Waals surface area contributed by atoms with Crippen molar-refractivity contribution in [2.45, 2.75) is 22.6 Å². The van der Waals surface area contributed by atoms with Gasteiger partial charge in [0.2, 0.25) is 0 Å². The lowest BCUT2D eigenvalue weighted by Crippen LogP contribution is -2.37. The van der Waals surface area contributed by atoms with Crippen molar-refractivity contribution in [2.75, 3.05) is 0 Å². The average Bonchev–Trinajstić information content (AvgIpc) is 2.85. The molecule has 0 aromatic rings. The van der Waals surface area contributed by atoms with Crippen molar-refractivity contribution in [2.24, 2.45) is 11.8 Å². The van der Waals surface area contributed by atoms with Crippen LogP contribution in [-0.2, 0) is 9.59 Å². The summed E-state index contributed by atoms with van der Waals surface area (Å²) in [5.41, 5.74) is 0. The second-order valence-corrected chi connectivity index (χ2v) is 5.32. The van der Waals surface area contributed by atoms with Crippen LogP contribution in [0.3, 0.4) is 0 Å². The Morgan fingerprint density at radius 3 is 1.67 bits per heavy atom. The minimum atomic E-state index is -0.837. The largest absolute Gasteiger partial charge is 0.297 e. The third-order valence-corrected chi connectivity index (χ3v) is 4.45. The number of carbonyl (C=O) groups excluding carboxylic acids is 2. The maximum Gasteiger partial charge on any atom is 0.159 e. The molecule has 0 aliphatic heterocycles. The van der Waals surface area contributed by atoms with E-state index >= 15 is 0 Å². The fraction of sp³-hybridized carbons (Fsp3) is 0.750. The number of ketones is 2. The Hall–Kier alpha value is -0.0800. The third-order valence-electron chi connectivity index (χ3n) is 3.24. The number of hydrogen-bond acceptors (Lipinski definition) is 2. The van der Waals surface area contributed by atoms with Gasteiger partial charge >= 0.3 is 0 Å². The van der Waals surface area contributed by atoms with Gasteiger partial charge in [-0.15, -0.1) is 23.2 Å². The van der Waals surface area contributed by atoms with Gasteiger partial charge in [-0.05, 0) is 12.8 Å². The van der Waals surface area contributed by atoms with E-state index in [9.17, 15) is 9.59 Å². The van der Waals surface area contributed by atoms with Crippen LogP contribution in [0.25, 0.3) is 0 Å². The van der Waals surface area contributed by atoms with E-state index in [1.165, 1.54) is 0 Å². The van der Waals surface area contributed by atoms with Crippen molar-refractivity contribution in [3.05, 3.63) is 0 Å². The van der Waals surface area contributed by atoms with Crippen molar-refractivity contribution in [1.82, 2.24) is 0 Å². The van der Waals surface area contributed by atoms with Crippen LogP contribution in [0.4, 0.5) is 0 Å². The molecule has 0 bridgehead atoms. The summed E-state index contributed by atoms with van der Waals surface area (Å²) < 4.78 is 0. The quantitative estimate of drug-likeness (QED) is 0.555. The minimum Gasteiger partial charge on any atom is -0.297 e. The van der Waals surface area contributed by atoms with Crippen LogP contribution in [0, 0.1) is 11.8 Å². The van der Waals surface area contributed by atoms with Gasteiger partial charge in [-0.25, -0.2) is 0 Å². The van der Waals surface area contributed by atoms with E-state index in [2.05, 4.69) is 0 Å². The first-order chi connectivity index (χ1) is 5.50. The van der Waals surface area contributed by atoms with Crippen molar-refractivity contribution in [3.8, 4) is 0 Å². The normalized spacial score (nSPS) is 60.8. The third kappa shape index (κ3) is 0.549. The molecule has 2 nitrogen and oxygen atoms in total. The monoisotopic (exact) mass is 204 g/mol. The first-order valence-corrected chi connectivity index (χ1v) is 4.72. The Bertz CT molecular complexity index is 295. The Labute approximate surface area is 79.2 Å². The van der Waals surface area contributed by atoms with Crippen LogP contribution in [0.2, 0.25) is 0 Å². The highest BCUT2D eigenvalue weighted by Crippen LogP contribution is 2.68. The molecule has 0 heterocycles. The van der Waals surface area contributed by atoms with Crippen molar-refractivity contribution < 1.29 is 9.59 Å². The molecule has 4 unspecified atom stereocenters. The molecule has 64 valence electrons. The molecule has 0 aromatic carbocycles. The Morgan fingerprint density at radius 1 is 1.00 bits per heavy atom. The summed E-state index contributed by atoms with van der Waals surface area (Å²) >= 11 is 11.9. The zero-order valence-corrected chi connectivity index (χ0v) is 7.65. The summed E-state index contributed by atoms with van der Waals surface area (Å²) in [6.45, 7) is 0. The molecule has 3 fully saturated rings. The summed E-state index contributed by atoms with van der Waals surface area (Å²) in [7, 11) is 0. The lowest BCUT2D eigenvalue weighted by atomic mass is 9.97. The SMILES string of the molecule is O=C1C2CC2(Cl)C(=O)C2CC12Cl. The number of halogens is 2. The molecular weight excluding hydrogens is 199 g/mol. The van der Waals surface area contributed by atoms with Gasteiger partial charge in [0.1, 0.15) is 9.75 Å². The lowest BCUT2D eigenvalue weighted by molar-refractivity contribution is -0.129. The van der Waals surface area contributed by atoms with Gasteiger partial charge in [0.15, 0.2) is 11.6 Å². The highest BCUT2D eigenvalue weighted by atomic mass is 35.5. The zero-order chi connectivity index (χ0) is 8.72. The van der Waals surface area contributed by atoms with E-state index in [-0.39, 0.29) is 23.4 Å². The summed E-state index contributed by atoms with van der Waals surface area (Å²) in [6, 6.07) is 0. The van der Waals surface area contributed by atoms with Gasteiger partial charge in [-0.3, -0.25) is 9.59 Å². The zero-order valence-electron chi connectivity index (χ0n) is 6.14. The fourth-order valence-electron chi connectivity index (χ4n) is 2.20. The molecule has 3 rings (SSSR count). The average molecular weight is 205 g/mol. The molecule has 0 radical (unpaired) electrons. The molecule has 3 aliphatic carbocycles. The molecule has 12 heavy (non-hydrogen) atoms. The Morgan fingerprint density at radius 2 is 1.33 bits per heavy atom. The number of Topliss-reactive ketones (excluding diaryl/α,β-unsaturated/α-hetero) is 2. The number of rotatable bonds is 0. The first kappa shape index (κ1) is 7.34.